The Bertz CT molecular complexity index is 1450. The molecule has 1 aliphatic rings. The Morgan fingerprint density at radius 1 is 1.09 bits per heavy atom. The van der Waals surface area contributed by atoms with Crippen molar-refractivity contribution in [3.63, 3.8) is 0 Å². The number of nitrogens with zero attached hydrogens (tertiary/aromatic N) is 1. The van der Waals surface area contributed by atoms with E-state index in [9.17, 15) is 14.7 Å². The normalized spacial score (nSPS) is 17.2. The van der Waals surface area contributed by atoms with Crippen molar-refractivity contribution >= 4 is 21.9 Å². The van der Waals surface area contributed by atoms with Gasteiger partial charge < -0.3 is 13.9 Å². The zero-order chi connectivity index (χ0) is 22.4. The van der Waals surface area contributed by atoms with E-state index in [0.717, 1.165) is 30.5 Å². The fourth-order valence-corrected chi connectivity index (χ4v) is 4.78. The van der Waals surface area contributed by atoms with Crippen LogP contribution in [-0.2, 0) is 6.54 Å². The summed E-state index contributed by atoms with van der Waals surface area (Å²) in [6, 6.07) is 12.2. The van der Waals surface area contributed by atoms with Gasteiger partial charge in [-0.15, -0.1) is 0 Å². The van der Waals surface area contributed by atoms with Crippen LogP contribution >= 0.6 is 0 Å². The highest BCUT2D eigenvalue weighted by molar-refractivity contribution is 5.97. The second kappa shape index (κ2) is 7.95. The first kappa shape index (κ1) is 20.5. The second-order valence-electron chi connectivity index (χ2n) is 8.83. The molecule has 6 nitrogen and oxygen atoms in total. The average molecular weight is 431 g/mol. The maximum Gasteiger partial charge on any atom is 0.344 e. The number of phenols is 1. The highest BCUT2D eigenvalue weighted by Crippen LogP contribution is 2.36. The Morgan fingerprint density at radius 3 is 2.72 bits per heavy atom. The summed E-state index contributed by atoms with van der Waals surface area (Å²) in [4.78, 5) is 27.5. The first-order valence-electron chi connectivity index (χ1n) is 11.0. The zero-order valence-electron chi connectivity index (χ0n) is 18.2. The van der Waals surface area contributed by atoms with E-state index in [1.807, 2.05) is 18.2 Å². The van der Waals surface area contributed by atoms with Crippen LogP contribution in [0.4, 0.5) is 0 Å². The van der Waals surface area contributed by atoms with Gasteiger partial charge in [-0.1, -0.05) is 25.1 Å². The van der Waals surface area contributed by atoms with Crippen molar-refractivity contribution in [3.05, 3.63) is 74.4 Å². The molecule has 1 atom stereocenters. The molecule has 0 saturated carbocycles. The summed E-state index contributed by atoms with van der Waals surface area (Å²) < 4.78 is 11.0. The summed E-state index contributed by atoms with van der Waals surface area (Å²) in [7, 11) is 0. The molecule has 0 bridgehead atoms. The molecular formula is C26H25NO5. The molecule has 32 heavy (non-hydrogen) atoms. The SMILES string of the molecule is Cc1c(O)c(CN2CCC[C@H](C)C2)cc2c(-c3cc4ccccc4oc3=O)cc(=O)oc12. The lowest BCUT2D eigenvalue weighted by Crippen LogP contribution is -2.33. The van der Waals surface area contributed by atoms with Crippen molar-refractivity contribution < 1.29 is 13.9 Å². The number of benzene rings is 2. The number of aryl methyl sites for hydroxylation is 1. The molecule has 164 valence electrons. The second-order valence-corrected chi connectivity index (χ2v) is 8.83. The third kappa shape index (κ3) is 3.60. The summed E-state index contributed by atoms with van der Waals surface area (Å²) >= 11 is 0. The van der Waals surface area contributed by atoms with Gasteiger partial charge in [0.1, 0.15) is 16.9 Å². The van der Waals surface area contributed by atoms with Crippen LogP contribution in [0.25, 0.3) is 33.1 Å². The van der Waals surface area contributed by atoms with Crippen LogP contribution in [0.5, 0.6) is 5.75 Å². The van der Waals surface area contributed by atoms with Crippen LogP contribution in [-0.4, -0.2) is 23.1 Å². The molecule has 1 N–H and O–H groups in total. The number of hydrogen-bond donors (Lipinski definition) is 1. The monoisotopic (exact) mass is 431 g/mol. The standard InChI is InChI=1S/C26H25NO5/c1-15-6-5-9-27(13-15)14-18-11-20-19(12-23(28)32-25(20)16(2)24(18)29)21-10-17-7-3-4-8-22(17)31-26(21)30/h3-4,7-8,10-12,15,29H,5-6,9,13-14H2,1-2H3/t15-/m0/s1. The molecule has 1 saturated heterocycles. The quantitative estimate of drug-likeness (QED) is 0.469. The number of aromatic hydroxyl groups is 1. The summed E-state index contributed by atoms with van der Waals surface area (Å²) in [5.74, 6) is 0.741. The van der Waals surface area contributed by atoms with E-state index in [0.29, 0.717) is 40.1 Å². The number of hydrogen-bond acceptors (Lipinski definition) is 6. The molecule has 0 amide bonds. The molecule has 2 aromatic heterocycles. The van der Waals surface area contributed by atoms with E-state index in [-0.39, 0.29) is 11.3 Å². The first-order chi connectivity index (χ1) is 15.4. The number of rotatable bonds is 3. The van der Waals surface area contributed by atoms with Gasteiger partial charge in [0.25, 0.3) is 0 Å². The fraction of sp³-hybridized carbons (Fsp3) is 0.308. The molecule has 1 fully saturated rings. The van der Waals surface area contributed by atoms with E-state index in [1.165, 1.54) is 12.5 Å². The van der Waals surface area contributed by atoms with Crippen LogP contribution in [0, 0.1) is 12.8 Å². The largest absolute Gasteiger partial charge is 0.507 e. The topological polar surface area (TPSA) is 83.9 Å². The minimum Gasteiger partial charge on any atom is -0.507 e. The van der Waals surface area contributed by atoms with Crippen LogP contribution in [0.15, 0.2) is 60.9 Å². The molecule has 6 heteroatoms. The lowest BCUT2D eigenvalue weighted by atomic mass is 9.96. The van der Waals surface area contributed by atoms with Gasteiger partial charge in [-0.05, 0) is 50.4 Å². The van der Waals surface area contributed by atoms with E-state index in [1.54, 1.807) is 25.1 Å². The van der Waals surface area contributed by atoms with Crippen molar-refractivity contribution in [2.45, 2.75) is 33.2 Å². The van der Waals surface area contributed by atoms with Crippen molar-refractivity contribution in [2.24, 2.45) is 5.92 Å². The molecule has 0 radical (unpaired) electrons. The number of likely N-dealkylation sites (tertiary alicyclic amines) is 1. The maximum atomic E-state index is 12.8. The number of fused-ring (bicyclic) bond motifs is 2. The summed E-state index contributed by atoms with van der Waals surface area (Å²) in [5.41, 5.74) is 1.66. The van der Waals surface area contributed by atoms with Gasteiger partial charge in [-0.2, -0.15) is 0 Å². The molecule has 3 heterocycles. The number of para-hydroxylation sites is 1. The molecule has 0 unspecified atom stereocenters. The first-order valence-corrected chi connectivity index (χ1v) is 11.0. The molecule has 4 aromatic rings. The predicted octanol–water partition coefficient (Wildman–Crippen LogP) is 4.81. The molecule has 1 aliphatic heterocycles. The van der Waals surface area contributed by atoms with E-state index < -0.39 is 11.3 Å². The van der Waals surface area contributed by atoms with Gasteiger partial charge in [0.05, 0.1) is 5.56 Å². The van der Waals surface area contributed by atoms with Crippen LogP contribution in [0.3, 0.4) is 0 Å². The summed E-state index contributed by atoms with van der Waals surface area (Å²) in [6.07, 6.45) is 2.35. The number of piperidine rings is 1. The van der Waals surface area contributed by atoms with Gasteiger partial charge in [-0.25, -0.2) is 9.59 Å². The summed E-state index contributed by atoms with van der Waals surface area (Å²) in [6.45, 7) is 6.52. The molecule has 5 rings (SSSR count). The molecule has 0 spiro atoms. The molecular weight excluding hydrogens is 406 g/mol. The highest BCUT2D eigenvalue weighted by atomic mass is 16.4. The minimum absolute atomic E-state index is 0.126. The van der Waals surface area contributed by atoms with E-state index in [2.05, 4.69) is 11.8 Å². The van der Waals surface area contributed by atoms with Crippen molar-refractivity contribution in [1.29, 1.82) is 0 Å². The van der Waals surface area contributed by atoms with Crippen LogP contribution in [0.1, 0.15) is 30.9 Å². The zero-order valence-corrected chi connectivity index (χ0v) is 18.2. The number of phenolic OH excluding ortho intramolecular Hbond substituents is 1. The van der Waals surface area contributed by atoms with Crippen molar-refractivity contribution in [2.75, 3.05) is 13.1 Å². The van der Waals surface area contributed by atoms with Gasteiger partial charge in [0.15, 0.2) is 0 Å². The third-order valence-corrected chi connectivity index (χ3v) is 6.38. The predicted molar refractivity (Wildman–Crippen MR) is 124 cm³/mol. The lowest BCUT2D eigenvalue weighted by molar-refractivity contribution is 0.175. The Balaban J connectivity index is 1.71. The third-order valence-electron chi connectivity index (χ3n) is 6.38. The van der Waals surface area contributed by atoms with Crippen molar-refractivity contribution in [1.82, 2.24) is 4.90 Å². The summed E-state index contributed by atoms with van der Waals surface area (Å²) in [5, 5.41) is 12.3. The smallest absolute Gasteiger partial charge is 0.344 e. The Labute approximate surface area is 184 Å². The average Bonchev–Trinajstić information content (AvgIpc) is 2.77. The van der Waals surface area contributed by atoms with E-state index >= 15 is 0 Å². The Hall–Kier alpha value is -3.38. The lowest BCUT2D eigenvalue weighted by Gasteiger charge is -2.31. The highest BCUT2D eigenvalue weighted by Gasteiger charge is 2.22. The fourth-order valence-electron chi connectivity index (χ4n) is 4.78. The van der Waals surface area contributed by atoms with Gasteiger partial charge >= 0.3 is 11.3 Å². The minimum atomic E-state index is -0.583. The van der Waals surface area contributed by atoms with Gasteiger partial charge in [0, 0.05) is 46.6 Å². The van der Waals surface area contributed by atoms with Crippen LogP contribution < -0.4 is 11.3 Å². The van der Waals surface area contributed by atoms with Crippen LogP contribution in [0.2, 0.25) is 0 Å². The van der Waals surface area contributed by atoms with Crippen molar-refractivity contribution in [3.8, 4) is 16.9 Å². The van der Waals surface area contributed by atoms with Gasteiger partial charge in [-0.3, -0.25) is 4.90 Å². The molecule has 2 aromatic carbocycles. The Morgan fingerprint density at radius 2 is 1.91 bits per heavy atom. The van der Waals surface area contributed by atoms with Gasteiger partial charge in [0.2, 0.25) is 0 Å². The molecule has 0 aliphatic carbocycles. The Kier molecular flexibility index (Phi) is 5.10. The van der Waals surface area contributed by atoms with E-state index in [4.69, 9.17) is 8.83 Å². The maximum absolute atomic E-state index is 12.8.